The molecule has 3 rings (SSSR count). The Labute approximate surface area is 188 Å². The first-order valence-electron chi connectivity index (χ1n) is 9.60. The van der Waals surface area contributed by atoms with Crippen LogP contribution < -0.4 is 15.0 Å². The Kier molecular flexibility index (Phi) is 6.79. The molecule has 10 heteroatoms. The summed E-state index contributed by atoms with van der Waals surface area (Å²) in [4.78, 5) is 50.3. The molecule has 1 aliphatic rings. The molecule has 0 bridgehead atoms. The van der Waals surface area contributed by atoms with Crippen LogP contribution >= 0.6 is 11.6 Å². The number of urea groups is 1. The summed E-state index contributed by atoms with van der Waals surface area (Å²) in [7, 11) is 0. The zero-order chi connectivity index (χ0) is 23.4. The van der Waals surface area contributed by atoms with Gasteiger partial charge in [0.25, 0.3) is 11.8 Å². The lowest BCUT2D eigenvalue weighted by Gasteiger charge is -2.26. The van der Waals surface area contributed by atoms with E-state index in [0.29, 0.717) is 5.56 Å². The Hall–Kier alpha value is -3.85. The second kappa shape index (κ2) is 9.52. The molecule has 0 aromatic heterocycles. The number of benzene rings is 2. The second-order valence-corrected chi connectivity index (χ2v) is 6.91. The van der Waals surface area contributed by atoms with Gasteiger partial charge in [-0.15, -0.1) is 0 Å². The van der Waals surface area contributed by atoms with Crippen molar-refractivity contribution < 1.29 is 33.8 Å². The fraction of sp³-hybridized carbons (Fsp3) is 0.182. The highest BCUT2D eigenvalue weighted by Crippen LogP contribution is 2.36. The number of amides is 4. The van der Waals surface area contributed by atoms with E-state index in [1.165, 1.54) is 42.5 Å². The van der Waals surface area contributed by atoms with Crippen molar-refractivity contribution in [2.75, 3.05) is 18.1 Å². The van der Waals surface area contributed by atoms with Crippen molar-refractivity contribution in [3.63, 3.8) is 0 Å². The predicted octanol–water partition coefficient (Wildman–Crippen LogP) is 3.29. The van der Waals surface area contributed by atoms with Crippen molar-refractivity contribution in [2.45, 2.75) is 13.8 Å². The number of imide groups is 2. The maximum atomic E-state index is 13.0. The van der Waals surface area contributed by atoms with Gasteiger partial charge >= 0.3 is 12.0 Å². The number of aromatic hydroxyl groups is 1. The van der Waals surface area contributed by atoms with E-state index in [2.05, 4.69) is 5.32 Å². The van der Waals surface area contributed by atoms with Gasteiger partial charge in [-0.05, 0) is 61.9 Å². The van der Waals surface area contributed by atoms with Gasteiger partial charge in [0.05, 0.1) is 29.5 Å². The maximum absolute atomic E-state index is 13.0. The van der Waals surface area contributed by atoms with Crippen LogP contribution in [0.1, 0.15) is 29.8 Å². The Balaban J connectivity index is 1.96. The molecule has 0 radical (unpaired) electrons. The zero-order valence-corrected chi connectivity index (χ0v) is 17.9. The van der Waals surface area contributed by atoms with E-state index in [4.69, 9.17) is 21.1 Å². The fourth-order valence-electron chi connectivity index (χ4n) is 2.96. The van der Waals surface area contributed by atoms with Crippen LogP contribution in [0, 0.1) is 0 Å². The Morgan fingerprint density at radius 2 is 1.81 bits per heavy atom. The molecule has 166 valence electrons. The van der Waals surface area contributed by atoms with E-state index in [0.717, 1.165) is 4.90 Å². The van der Waals surface area contributed by atoms with Crippen LogP contribution in [0.5, 0.6) is 11.5 Å². The number of esters is 1. The first-order valence-corrected chi connectivity index (χ1v) is 9.98. The molecule has 1 saturated heterocycles. The summed E-state index contributed by atoms with van der Waals surface area (Å²) in [5, 5.41) is 12.0. The van der Waals surface area contributed by atoms with Gasteiger partial charge in [-0.25, -0.2) is 14.5 Å². The molecule has 1 fully saturated rings. The molecule has 0 unspecified atom stereocenters. The third-order valence-electron chi connectivity index (χ3n) is 4.40. The Morgan fingerprint density at radius 1 is 1.12 bits per heavy atom. The van der Waals surface area contributed by atoms with E-state index in [9.17, 15) is 24.3 Å². The van der Waals surface area contributed by atoms with Crippen LogP contribution in [-0.4, -0.2) is 42.1 Å². The van der Waals surface area contributed by atoms with Gasteiger partial charge in [-0.3, -0.25) is 14.9 Å². The van der Waals surface area contributed by atoms with Gasteiger partial charge in [0.15, 0.2) is 11.5 Å². The first-order chi connectivity index (χ1) is 15.3. The van der Waals surface area contributed by atoms with Crippen molar-refractivity contribution in [2.24, 2.45) is 0 Å². The van der Waals surface area contributed by atoms with Crippen LogP contribution in [0.25, 0.3) is 6.08 Å². The molecule has 0 atom stereocenters. The minimum Gasteiger partial charge on any atom is -0.503 e. The summed E-state index contributed by atoms with van der Waals surface area (Å²) in [5.74, 6) is -2.49. The van der Waals surface area contributed by atoms with Crippen LogP contribution in [0.15, 0.2) is 42.0 Å². The predicted molar refractivity (Wildman–Crippen MR) is 116 cm³/mol. The van der Waals surface area contributed by atoms with Crippen molar-refractivity contribution in [3.8, 4) is 11.5 Å². The zero-order valence-electron chi connectivity index (χ0n) is 17.2. The lowest BCUT2D eigenvalue weighted by atomic mass is 10.1. The van der Waals surface area contributed by atoms with Gasteiger partial charge in [-0.2, -0.15) is 0 Å². The third-order valence-corrected chi connectivity index (χ3v) is 4.69. The van der Waals surface area contributed by atoms with Crippen LogP contribution in [-0.2, 0) is 14.3 Å². The first kappa shape index (κ1) is 22.8. The number of nitrogens with one attached hydrogen (secondary N) is 1. The maximum Gasteiger partial charge on any atom is 0.338 e. The number of halogens is 1. The number of phenolic OH excluding ortho intramolecular Hbond substituents is 1. The largest absolute Gasteiger partial charge is 0.503 e. The number of ether oxygens (including phenoxy) is 2. The number of barbiturate groups is 1. The van der Waals surface area contributed by atoms with E-state index in [1.807, 2.05) is 0 Å². The SMILES string of the molecule is CCOC(=O)c1ccc(N2C(=O)NC(=O)/C(=C\c3cc(Cl)c(O)c(OCC)c3)C2=O)cc1. The Bertz CT molecular complexity index is 1130. The topological polar surface area (TPSA) is 122 Å². The average Bonchev–Trinajstić information content (AvgIpc) is 2.75. The molecule has 0 spiro atoms. The number of anilines is 1. The molecule has 2 N–H and O–H groups in total. The molecular weight excluding hydrogens is 440 g/mol. The van der Waals surface area contributed by atoms with Gasteiger partial charge in [-0.1, -0.05) is 11.6 Å². The van der Waals surface area contributed by atoms with E-state index >= 15 is 0 Å². The minimum atomic E-state index is -0.931. The number of carbonyl (C=O) groups excluding carboxylic acids is 4. The Morgan fingerprint density at radius 3 is 2.44 bits per heavy atom. The van der Waals surface area contributed by atoms with Crippen molar-refractivity contribution in [1.82, 2.24) is 5.32 Å². The minimum absolute atomic E-state index is 0.0334. The molecule has 1 heterocycles. The molecule has 1 aliphatic heterocycles. The lowest BCUT2D eigenvalue weighted by molar-refractivity contribution is -0.122. The summed E-state index contributed by atoms with van der Waals surface area (Å²) >= 11 is 6.01. The quantitative estimate of drug-likeness (QED) is 0.387. The number of hydrogen-bond donors (Lipinski definition) is 2. The highest BCUT2D eigenvalue weighted by Gasteiger charge is 2.37. The molecule has 4 amide bonds. The van der Waals surface area contributed by atoms with Crippen LogP contribution in [0.3, 0.4) is 0 Å². The summed E-state index contributed by atoms with van der Waals surface area (Å²) in [6.45, 7) is 3.85. The van der Waals surface area contributed by atoms with E-state index < -0.39 is 23.8 Å². The van der Waals surface area contributed by atoms with Crippen LogP contribution in [0.2, 0.25) is 5.02 Å². The van der Waals surface area contributed by atoms with Gasteiger partial charge < -0.3 is 14.6 Å². The van der Waals surface area contributed by atoms with Gasteiger partial charge in [0.1, 0.15) is 5.57 Å². The molecule has 9 nitrogen and oxygen atoms in total. The van der Waals surface area contributed by atoms with Crippen molar-refractivity contribution >= 4 is 47.2 Å². The smallest absolute Gasteiger partial charge is 0.338 e. The van der Waals surface area contributed by atoms with E-state index in [-0.39, 0.29) is 46.6 Å². The number of phenols is 1. The monoisotopic (exact) mass is 458 g/mol. The van der Waals surface area contributed by atoms with Gasteiger partial charge in [0.2, 0.25) is 0 Å². The van der Waals surface area contributed by atoms with Crippen LogP contribution in [0.4, 0.5) is 10.5 Å². The summed E-state index contributed by atoms with van der Waals surface area (Å²) in [6, 6.07) is 7.42. The molecule has 32 heavy (non-hydrogen) atoms. The molecule has 0 saturated carbocycles. The van der Waals surface area contributed by atoms with Crippen molar-refractivity contribution in [3.05, 3.63) is 58.1 Å². The number of nitrogens with zero attached hydrogens (tertiary/aromatic N) is 1. The lowest BCUT2D eigenvalue weighted by Crippen LogP contribution is -2.54. The molecule has 2 aromatic rings. The standard InChI is InChI=1S/C22H19ClN2O7/c1-3-31-17-11-12(10-16(23)18(17)26)9-15-19(27)24-22(30)25(20(15)28)14-7-5-13(6-8-14)21(29)32-4-2/h5-11,26H,3-4H2,1-2H3,(H,24,27,30)/b15-9+. The molecular formula is C22H19ClN2O7. The molecule has 0 aliphatic carbocycles. The summed E-state index contributed by atoms with van der Waals surface area (Å²) in [5.41, 5.74) is 0.372. The fourth-order valence-corrected chi connectivity index (χ4v) is 3.18. The molecule has 2 aromatic carbocycles. The number of hydrogen-bond acceptors (Lipinski definition) is 7. The highest BCUT2D eigenvalue weighted by molar-refractivity contribution is 6.39. The van der Waals surface area contributed by atoms with Gasteiger partial charge in [0, 0.05) is 0 Å². The third kappa shape index (κ3) is 4.57. The number of rotatable bonds is 6. The summed E-state index contributed by atoms with van der Waals surface area (Å²) < 4.78 is 10.2. The second-order valence-electron chi connectivity index (χ2n) is 6.51. The summed E-state index contributed by atoms with van der Waals surface area (Å²) in [6.07, 6.45) is 1.23. The van der Waals surface area contributed by atoms with E-state index in [1.54, 1.807) is 13.8 Å². The normalized spacial score (nSPS) is 15.0. The van der Waals surface area contributed by atoms with Crippen molar-refractivity contribution in [1.29, 1.82) is 0 Å². The average molecular weight is 459 g/mol. The highest BCUT2D eigenvalue weighted by atomic mass is 35.5. The number of carbonyl (C=O) groups is 4.